The number of carboxylic acids is 1. The van der Waals surface area contributed by atoms with Gasteiger partial charge in [0, 0.05) is 19.2 Å². The van der Waals surface area contributed by atoms with Crippen LogP contribution in [0.1, 0.15) is 36.1 Å². The number of carbonyl (C=O) groups is 1. The Morgan fingerprint density at radius 2 is 2.20 bits per heavy atom. The minimum atomic E-state index is -3.83. The van der Waals surface area contributed by atoms with Crippen molar-refractivity contribution in [3.05, 3.63) is 17.6 Å². The number of sulfonamides is 1. The van der Waals surface area contributed by atoms with Crippen LogP contribution in [0.5, 0.6) is 0 Å². The summed E-state index contributed by atoms with van der Waals surface area (Å²) in [6.45, 7) is 3.59. The van der Waals surface area contributed by atoms with Crippen molar-refractivity contribution in [2.75, 3.05) is 13.7 Å². The molecule has 0 saturated carbocycles. The lowest BCUT2D eigenvalue weighted by atomic mass is 10.2. The molecule has 0 aliphatic heterocycles. The number of aryl methyl sites for hydroxylation is 1. The number of rotatable bonds is 8. The van der Waals surface area contributed by atoms with Crippen molar-refractivity contribution < 1.29 is 27.5 Å². The van der Waals surface area contributed by atoms with E-state index in [-0.39, 0.29) is 23.3 Å². The molecule has 0 bridgehead atoms. The molecule has 0 aliphatic rings. The molecule has 1 aromatic heterocycles. The molecule has 2 N–H and O–H groups in total. The van der Waals surface area contributed by atoms with Crippen molar-refractivity contribution >= 4 is 16.0 Å². The number of hydrogen-bond donors (Lipinski definition) is 2. The van der Waals surface area contributed by atoms with Crippen LogP contribution in [0, 0.1) is 6.92 Å². The van der Waals surface area contributed by atoms with Gasteiger partial charge in [-0.25, -0.2) is 17.9 Å². The van der Waals surface area contributed by atoms with E-state index in [0.29, 0.717) is 6.42 Å². The Hall–Kier alpha value is -1.38. The zero-order valence-electron chi connectivity index (χ0n) is 11.7. The van der Waals surface area contributed by atoms with E-state index in [0.717, 1.165) is 12.5 Å². The van der Waals surface area contributed by atoms with Crippen molar-refractivity contribution in [1.82, 2.24) is 4.72 Å². The van der Waals surface area contributed by atoms with Gasteiger partial charge >= 0.3 is 5.97 Å². The first-order valence-electron chi connectivity index (χ1n) is 6.16. The monoisotopic (exact) mass is 305 g/mol. The van der Waals surface area contributed by atoms with Crippen LogP contribution in [0.2, 0.25) is 0 Å². The van der Waals surface area contributed by atoms with E-state index in [1.54, 1.807) is 0 Å². The van der Waals surface area contributed by atoms with Gasteiger partial charge in [0.25, 0.3) is 0 Å². The number of hydrogen-bond acceptors (Lipinski definition) is 5. The van der Waals surface area contributed by atoms with Crippen LogP contribution >= 0.6 is 0 Å². The zero-order valence-corrected chi connectivity index (χ0v) is 12.5. The first-order valence-corrected chi connectivity index (χ1v) is 7.65. The van der Waals surface area contributed by atoms with Gasteiger partial charge in [-0.3, -0.25) is 0 Å². The summed E-state index contributed by atoms with van der Waals surface area (Å²) in [5, 5.41) is 8.81. The third-order valence-corrected chi connectivity index (χ3v) is 4.33. The molecular formula is C12H19NO6S. The molecule has 114 valence electrons. The van der Waals surface area contributed by atoms with Gasteiger partial charge in [-0.15, -0.1) is 0 Å². The van der Waals surface area contributed by atoms with Crippen LogP contribution in [-0.4, -0.2) is 39.3 Å². The highest BCUT2D eigenvalue weighted by Crippen LogP contribution is 2.20. The summed E-state index contributed by atoms with van der Waals surface area (Å²) in [7, 11) is -2.35. The number of nitrogens with one attached hydrogen (secondary N) is 1. The lowest BCUT2D eigenvalue weighted by molar-refractivity contribution is 0.0661. The maximum atomic E-state index is 12.2. The third kappa shape index (κ3) is 4.06. The quantitative estimate of drug-likeness (QED) is 0.751. The van der Waals surface area contributed by atoms with Crippen molar-refractivity contribution in [3.63, 3.8) is 0 Å². The normalized spacial score (nSPS) is 13.3. The predicted molar refractivity (Wildman–Crippen MR) is 71.3 cm³/mol. The molecule has 8 heteroatoms. The smallest absolute Gasteiger partial charge is 0.371 e. The summed E-state index contributed by atoms with van der Waals surface area (Å²) < 4.78 is 36.8. The molecule has 0 aromatic carbocycles. The summed E-state index contributed by atoms with van der Waals surface area (Å²) in [5.41, 5.74) is 0. The van der Waals surface area contributed by atoms with Gasteiger partial charge in [-0.05, 0) is 13.3 Å². The predicted octanol–water partition coefficient (Wildman–Crippen LogP) is 1.38. The molecule has 0 saturated heterocycles. The second-order valence-corrected chi connectivity index (χ2v) is 6.08. The standard InChI is InChI=1S/C12H19NO6S/c1-4-5-9(7-18-3)13-20(16,17)11-6-10(12(14)15)19-8(11)2/h6,9,13H,4-5,7H2,1-3H3,(H,14,15). The summed E-state index contributed by atoms with van der Waals surface area (Å²) in [5.74, 6) is -1.67. The van der Waals surface area contributed by atoms with Gasteiger partial charge in [0.15, 0.2) is 0 Å². The van der Waals surface area contributed by atoms with Gasteiger partial charge in [0.05, 0.1) is 6.61 Å². The molecule has 7 nitrogen and oxygen atoms in total. The summed E-state index contributed by atoms with van der Waals surface area (Å²) in [6, 6.07) is 0.646. The van der Waals surface area contributed by atoms with E-state index in [1.165, 1.54) is 14.0 Å². The van der Waals surface area contributed by atoms with Crippen LogP contribution in [0.3, 0.4) is 0 Å². The Balaban J connectivity index is 3.00. The van der Waals surface area contributed by atoms with E-state index < -0.39 is 21.8 Å². The number of furan rings is 1. The summed E-state index contributed by atoms with van der Waals surface area (Å²) in [6.07, 6.45) is 1.41. The Bertz CT molecular complexity index is 557. The zero-order chi connectivity index (χ0) is 15.3. The van der Waals surface area contributed by atoms with E-state index in [4.69, 9.17) is 14.3 Å². The van der Waals surface area contributed by atoms with Gasteiger partial charge in [-0.2, -0.15) is 0 Å². The summed E-state index contributed by atoms with van der Waals surface area (Å²) >= 11 is 0. The molecule has 0 amide bonds. The van der Waals surface area contributed by atoms with E-state index in [2.05, 4.69) is 4.72 Å². The van der Waals surface area contributed by atoms with Crippen molar-refractivity contribution in [1.29, 1.82) is 0 Å². The molecule has 0 fully saturated rings. The molecule has 20 heavy (non-hydrogen) atoms. The van der Waals surface area contributed by atoms with Gasteiger partial charge in [0.2, 0.25) is 15.8 Å². The average molecular weight is 305 g/mol. The highest BCUT2D eigenvalue weighted by Gasteiger charge is 2.26. The van der Waals surface area contributed by atoms with Gasteiger partial charge < -0.3 is 14.3 Å². The molecule has 0 spiro atoms. The Labute approximate surface area is 118 Å². The summed E-state index contributed by atoms with van der Waals surface area (Å²) in [4.78, 5) is 10.6. The van der Waals surface area contributed by atoms with Crippen LogP contribution in [0.25, 0.3) is 0 Å². The van der Waals surface area contributed by atoms with E-state index in [9.17, 15) is 13.2 Å². The maximum Gasteiger partial charge on any atom is 0.371 e. The second kappa shape index (κ2) is 6.87. The molecule has 1 rings (SSSR count). The highest BCUT2D eigenvalue weighted by molar-refractivity contribution is 7.89. The van der Waals surface area contributed by atoms with Crippen LogP contribution < -0.4 is 4.72 Å². The Morgan fingerprint density at radius 1 is 1.55 bits per heavy atom. The minimum Gasteiger partial charge on any atom is -0.475 e. The average Bonchev–Trinajstić information content (AvgIpc) is 2.72. The topological polar surface area (TPSA) is 106 Å². The number of carboxylic acid groups (broad SMARTS) is 1. The molecule has 0 aliphatic carbocycles. The van der Waals surface area contributed by atoms with Crippen LogP contribution in [0.4, 0.5) is 0 Å². The lowest BCUT2D eigenvalue weighted by Crippen LogP contribution is -2.38. The first-order chi connectivity index (χ1) is 9.31. The maximum absolute atomic E-state index is 12.2. The van der Waals surface area contributed by atoms with Crippen molar-refractivity contribution in [2.24, 2.45) is 0 Å². The molecule has 0 radical (unpaired) electrons. The fraction of sp³-hybridized carbons (Fsp3) is 0.583. The fourth-order valence-corrected chi connectivity index (χ4v) is 3.28. The third-order valence-electron chi connectivity index (χ3n) is 2.70. The molecule has 1 aromatic rings. The number of methoxy groups -OCH3 is 1. The van der Waals surface area contributed by atoms with Crippen LogP contribution in [0.15, 0.2) is 15.4 Å². The van der Waals surface area contributed by atoms with E-state index >= 15 is 0 Å². The first kappa shape index (κ1) is 16.7. The highest BCUT2D eigenvalue weighted by atomic mass is 32.2. The van der Waals surface area contributed by atoms with Crippen molar-refractivity contribution in [3.8, 4) is 0 Å². The SMILES string of the molecule is CCCC(COC)NS(=O)(=O)c1cc(C(=O)O)oc1C. The largest absolute Gasteiger partial charge is 0.475 e. The Morgan fingerprint density at radius 3 is 2.65 bits per heavy atom. The minimum absolute atomic E-state index is 0.0440. The molecule has 1 unspecified atom stereocenters. The lowest BCUT2D eigenvalue weighted by Gasteiger charge is -2.16. The molecule has 1 heterocycles. The van der Waals surface area contributed by atoms with E-state index in [1.807, 2.05) is 6.92 Å². The fourth-order valence-electron chi connectivity index (χ4n) is 1.85. The van der Waals surface area contributed by atoms with Gasteiger partial charge in [0.1, 0.15) is 10.7 Å². The van der Waals surface area contributed by atoms with Gasteiger partial charge in [-0.1, -0.05) is 13.3 Å². The number of aromatic carboxylic acids is 1. The second-order valence-electron chi connectivity index (χ2n) is 4.40. The Kier molecular flexibility index (Phi) is 5.73. The number of ether oxygens (including phenoxy) is 1. The van der Waals surface area contributed by atoms with Crippen LogP contribution in [-0.2, 0) is 14.8 Å². The molecule has 1 atom stereocenters. The molecular weight excluding hydrogens is 286 g/mol. The van der Waals surface area contributed by atoms with Crippen molar-refractivity contribution in [2.45, 2.75) is 37.6 Å².